The van der Waals surface area contributed by atoms with Gasteiger partial charge in [-0.1, -0.05) is 11.6 Å². The van der Waals surface area contributed by atoms with Crippen molar-refractivity contribution in [2.45, 2.75) is 19.1 Å². The zero-order valence-corrected chi connectivity index (χ0v) is 15.3. The van der Waals surface area contributed by atoms with Gasteiger partial charge in [-0.2, -0.15) is 13.5 Å². The Morgan fingerprint density at radius 1 is 1.40 bits per heavy atom. The van der Waals surface area contributed by atoms with E-state index in [0.29, 0.717) is 6.54 Å². The van der Waals surface area contributed by atoms with Gasteiger partial charge in [0, 0.05) is 44.6 Å². The second-order valence-corrected chi connectivity index (χ2v) is 6.11. The molecule has 2 aromatic rings. The van der Waals surface area contributed by atoms with Crippen LogP contribution in [0.25, 0.3) is 0 Å². The van der Waals surface area contributed by atoms with E-state index < -0.39 is 6.10 Å². The molecule has 0 saturated carbocycles. The fourth-order valence-corrected chi connectivity index (χ4v) is 2.86. The van der Waals surface area contributed by atoms with Gasteiger partial charge < -0.3 is 10.4 Å². The molecule has 9 heteroatoms. The van der Waals surface area contributed by atoms with Crippen molar-refractivity contribution in [3.05, 3.63) is 52.8 Å². The number of carbonyl (C=O) groups excluding carboxylic acids is 1. The number of halogens is 1. The third-order valence-electron chi connectivity index (χ3n) is 3.93. The summed E-state index contributed by atoms with van der Waals surface area (Å²) in [5, 5.41) is 13.0. The summed E-state index contributed by atoms with van der Waals surface area (Å²) in [4.78, 5) is 25.8. The van der Waals surface area contributed by atoms with E-state index in [0.717, 1.165) is 19.5 Å². The van der Waals surface area contributed by atoms with Gasteiger partial charge in [0.15, 0.2) is 0 Å². The van der Waals surface area contributed by atoms with E-state index in [9.17, 15) is 9.90 Å². The van der Waals surface area contributed by atoms with Gasteiger partial charge in [0.05, 0.1) is 6.10 Å². The molecule has 2 N–H and O–H groups in total. The molecule has 2 aromatic heterocycles. The topological polar surface area (TPSA) is 91.2 Å². The lowest BCUT2D eigenvalue weighted by Gasteiger charge is -2.30. The summed E-state index contributed by atoms with van der Waals surface area (Å²) >= 11 is 5.73. The van der Waals surface area contributed by atoms with Crippen LogP contribution in [0.4, 0.5) is 0 Å². The van der Waals surface area contributed by atoms with Gasteiger partial charge in [-0.25, -0.2) is 9.97 Å². The zero-order valence-electron chi connectivity index (χ0n) is 13.5. The molecule has 0 bridgehead atoms. The fraction of sp³-hybridized carbons (Fsp3) is 0.375. The van der Waals surface area contributed by atoms with Crippen molar-refractivity contribution in [1.29, 1.82) is 0 Å². The molecule has 134 valence electrons. The van der Waals surface area contributed by atoms with E-state index in [4.69, 9.17) is 11.6 Å². The minimum atomic E-state index is -0.658. The van der Waals surface area contributed by atoms with Gasteiger partial charge >= 0.3 is 0 Å². The second kappa shape index (κ2) is 9.10. The first-order valence-electron chi connectivity index (χ1n) is 7.70. The van der Waals surface area contributed by atoms with Crippen LogP contribution in [0.1, 0.15) is 21.6 Å². The molecule has 3 heterocycles. The van der Waals surface area contributed by atoms with Gasteiger partial charge in [-0.05, 0) is 23.6 Å². The van der Waals surface area contributed by atoms with Crippen molar-refractivity contribution >= 4 is 31.0 Å². The smallest absolute Gasteiger partial charge is 0.270 e. The van der Waals surface area contributed by atoms with Crippen molar-refractivity contribution < 1.29 is 9.90 Å². The summed E-state index contributed by atoms with van der Waals surface area (Å²) in [6, 6.07) is 3.40. The first-order valence-corrected chi connectivity index (χ1v) is 8.07. The number of carbonyl (C=O) groups is 1. The van der Waals surface area contributed by atoms with Gasteiger partial charge in [0.1, 0.15) is 17.2 Å². The Kier molecular flexibility index (Phi) is 7.12. The number of aromatic nitrogens is 3. The largest absolute Gasteiger partial charge is 0.390 e. The first-order chi connectivity index (χ1) is 11.6. The predicted molar refractivity (Wildman–Crippen MR) is 99.0 cm³/mol. The van der Waals surface area contributed by atoms with Crippen LogP contribution in [0, 0.1) is 0 Å². The second-order valence-electron chi connectivity index (χ2n) is 5.72. The van der Waals surface area contributed by atoms with Crippen molar-refractivity contribution in [1.82, 2.24) is 25.2 Å². The number of hydrogen-bond donors (Lipinski definition) is 2. The number of aliphatic hydroxyl groups is 1. The lowest BCUT2D eigenvalue weighted by atomic mass is 10.0. The molecule has 0 fully saturated rings. The Morgan fingerprint density at radius 3 is 3.04 bits per heavy atom. The molecule has 0 radical (unpaired) electrons. The third kappa shape index (κ3) is 5.37. The van der Waals surface area contributed by atoms with Crippen molar-refractivity contribution in [3.8, 4) is 0 Å². The number of β-amino-alcohol motifs (C(OH)–C–C–N with tert-alkyl or cyclic N) is 1. The molecule has 0 aromatic carbocycles. The van der Waals surface area contributed by atoms with Crippen molar-refractivity contribution in [2.75, 3.05) is 19.6 Å². The van der Waals surface area contributed by atoms with E-state index in [-0.39, 0.29) is 36.8 Å². The Hall–Kier alpha value is -1.74. The predicted octanol–water partition coefficient (Wildman–Crippen LogP) is 0.787. The third-order valence-corrected chi connectivity index (χ3v) is 4.14. The average Bonchev–Trinajstić information content (AvgIpc) is 2.59. The van der Waals surface area contributed by atoms with Crippen LogP contribution in [0.3, 0.4) is 0 Å². The number of amides is 1. The highest BCUT2D eigenvalue weighted by atomic mass is 35.5. The number of fused-ring (bicyclic) bond motifs is 1. The van der Waals surface area contributed by atoms with E-state index in [2.05, 4.69) is 25.2 Å². The molecule has 3 rings (SSSR count). The maximum absolute atomic E-state index is 12.0. The van der Waals surface area contributed by atoms with Gasteiger partial charge in [0.2, 0.25) is 0 Å². The molecule has 25 heavy (non-hydrogen) atoms. The summed E-state index contributed by atoms with van der Waals surface area (Å²) in [5.74, 6) is -0.381. The zero-order chi connectivity index (χ0) is 16.9. The van der Waals surface area contributed by atoms with Crippen LogP contribution in [-0.4, -0.2) is 56.6 Å². The van der Waals surface area contributed by atoms with Crippen LogP contribution in [0.5, 0.6) is 0 Å². The molecule has 1 aliphatic heterocycles. The molecule has 1 amide bonds. The van der Waals surface area contributed by atoms with Crippen LogP contribution in [-0.2, 0) is 13.0 Å². The van der Waals surface area contributed by atoms with Crippen LogP contribution < -0.4 is 5.32 Å². The number of pyridine rings is 1. The SMILES string of the molecule is O=C(NC[C@H](O)CN1CCc2cnccc2C1)c1cc(Cl)ncn1.S. The number of rotatable bonds is 5. The van der Waals surface area contributed by atoms with Crippen LogP contribution in [0.15, 0.2) is 30.9 Å². The lowest BCUT2D eigenvalue weighted by Crippen LogP contribution is -2.42. The number of nitrogens with zero attached hydrogens (tertiary/aromatic N) is 4. The Bertz CT molecular complexity index is 733. The normalized spacial score (nSPS) is 15.0. The minimum Gasteiger partial charge on any atom is -0.390 e. The monoisotopic (exact) mass is 381 g/mol. The van der Waals surface area contributed by atoms with Crippen molar-refractivity contribution in [3.63, 3.8) is 0 Å². The van der Waals surface area contributed by atoms with Gasteiger partial charge in [-0.15, -0.1) is 0 Å². The minimum absolute atomic E-state index is 0. The first kappa shape index (κ1) is 19.6. The summed E-state index contributed by atoms with van der Waals surface area (Å²) in [6.07, 6.45) is 5.17. The highest BCUT2D eigenvalue weighted by Crippen LogP contribution is 2.17. The molecule has 7 nitrogen and oxygen atoms in total. The highest BCUT2D eigenvalue weighted by molar-refractivity contribution is 7.59. The van der Waals surface area contributed by atoms with Crippen LogP contribution in [0.2, 0.25) is 5.15 Å². The molecular formula is C16H20ClN5O2S. The van der Waals surface area contributed by atoms with E-state index in [1.807, 2.05) is 12.3 Å². The summed E-state index contributed by atoms with van der Waals surface area (Å²) in [7, 11) is 0. The maximum Gasteiger partial charge on any atom is 0.270 e. The standard InChI is InChI=1S/C16H18ClN5O2.H2S/c17-15-5-14(20-10-21-15)16(24)19-7-13(23)9-22-4-2-11-6-18-3-1-12(11)8-22;/h1,3,5-6,10,13,23H,2,4,7-9H2,(H,19,24);1H2/t13-;/m0./s1. The number of aliphatic hydroxyl groups excluding tert-OH is 1. The maximum atomic E-state index is 12.0. The Balaban J connectivity index is 0.00000225. The van der Waals surface area contributed by atoms with Crippen molar-refractivity contribution in [2.24, 2.45) is 0 Å². The molecular weight excluding hydrogens is 362 g/mol. The number of nitrogens with one attached hydrogen (secondary N) is 1. The quantitative estimate of drug-likeness (QED) is 0.744. The van der Waals surface area contributed by atoms with Crippen LogP contribution >= 0.6 is 25.1 Å². The molecule has 1 atom stereocenters. The summed E-state index contributed by atoms with van der Waals surface area (Å²) in [5.41, 5.74) is 2.68. The number of hydrogen-bond acceptors (Lipinski definition) is 6. The van der Waals surface area contributed by atoms with Gasteiger partial charge in [-0.3, -0.25) is 14.7 Å². The fourth-order valence-electron chi connectivity index (χ4n) is 2.71. The van der Waals surface area contributed by atoms with Gasteiger partial charge in [0.25, 0.3) is 5.91 Å². The molecule has 0 unspecified atom stereocenters. The van der Waals surface area contributed by atoms with E-state index in [1.54, 1.807) is 6.20 Å². The Morgan fingerprint density at radius 2 is 2.24 bits per heavy atom. The molecule has 0 aliphatic carbocycles. The molecule has 1 aliphatic rings. The highest BCUT2D eigenvalue weighted by Gasteiger charge is 2.19. The average molecular weight is 382 g/mol. The van der Waals surface area contributed by atoms with E-state index >= 15 is 0 Å². The summed E-state index contributed by atoms with van der Waals surface area (Å²) in [6.45, 7) is 2.29. The summed E-state index contributed by atoms with van der Waals surface area (Å²) < 4.78 is 0. The lowest BCUT2D eigenvalue weighted by molar-refractivity contribution is 0.0838. The molecule has 0 spiro atoms. The Labute approximate surface area is 157 Å². The van der Waals surface area contributed by atoms with E-state index in [1.165, 1.54) is 23.5 Å². The molecule has 0 saturated heterocycles.